The second-order valence-corrected chi connectivity index (χ2v) is 5.68. The molecule has 0 spiro atoms. The van der Waals surface area contributed by atoms with Crippen LogP contribution in [0.25, 0.3) is 0 Å². The fourth-order valence-electron chi connectivity index (χ4n) is 3.42. The largest absolute Gasteiger partial charge is 0.394 e. The van der Waals surface area contributed by atoms with Gasteiger partial charge in [0.25, 0.3) is 0 Å². The Labute approximate surface area is 110 Å². The zero-order valence-electron chi connectivity index (χ0n) is 11.4. The summed E-state index contributed by atoms with van der Waals surface area (Å²) in [6.07, 6.45) is 7.98. The van der Waals surface area contributed by atoms with E-state index in [1.54, 1.807) is 0 Å². The van der Waals surface area contributed by atoms with E-state index in [-0.39, 0.29) is 18.7 Å². The van der Waals surface area contributed by atoms with E-state index in [9.17, 15) is 9.90 Å². The minimum absolute atomic E-state index is 0.0358. The summed E-state index contributed by atoms with van der Waals surface area (Å²) < 4.78 is 0. The van der Waals surface area contributed by atoms with Gasteiger partial charge in [-0.25, -0.2) is 4.79 Å². The van der Waals surface area contributed by atoms with E-state index in [2.05, 4.69) is 12.2 Å². The van der Waals surface area contributed by atoms with Crippen LogP contribution in [-0.2, 0) is 0 Å². The van der Waals surface area contributed by atoms with E-state index in [0.717, 1.165) is 32.2 Å². The minimum atomic E-state index is 0.0358. The van der Waals surface area contributed by atoms with Crippen molar-refractivity contribution in [2.75, 3.05) is 13.2 Å². The van der Waals surface area contributed by atoms with Gasteiger partial charge in [-0.3, -0.25) is 0 Å². The maximum atomic E-state index is 12.2. The fourth-order valence-corrected chi connectivity index (χ4v) is 3.42. The number of amides is 2. The normalized spacial score (nSPS) is 32.6. The quantitative estimate of drug-likeness (QED) is 0.810. The van der Waals surface area contributed by atoms with Gasteiger partial charge >= 0.3 is 6.03 Å². The molecular formula is C14H26N2O2. The van der Waals surface area contributed by atoms with Crippen molar-refractivity contribution in [2.45, 2.75) is 64.0 Å². The Hall–Kier alpha value is -0.770. The smallest absolute Gasteiger partial charge is 0.317 e. The van der Waals surface area contributed by atoms with Crippen molar-refractivity contribution < 1.29 is 9.90 Å². The van der Waals surface area contributed by atoms with E-state index in [1.165, 1.54) is 19.3 Å². The molecule has 18 heavy (non-hydrogen) atoms. The minimum Gasteiger partial charge on any atom is -0.394 e. The number of hydrogen-bond acceptors (Lipinski definition) is 2. The van der Waals surface area contributed by atoms with Gasteiger partial charge in [0, 0.05) is 12.6 Å². The number of aliphatic hydroxyl groups is 1. The van der Waals surface area contributed by atoms with Gasteiger partial charge in [-0.05, 0) is 31.6 Å². The molecule has 4 heteroatoms. The van der Waals surface area contributed by atoms with E-state index in [0.29, 0.717) is 12.0 Å². The number of hydrogen-bond donors (Lipinski definition) is 2. The molecule has 1 aliphatic carbocycles. The monoisotopic (exact) mass is 254 g/mol. The number of rotatable bonds is 3. The van der Waals surface area contributed by atoms with Crippen LogP contribution in [0, 0.1) is 5.92 Å². The molecule has 0 aromatic heterocycles. The van der Waals surface area contributed by atoms with Crippen molar-refractivity contribution in [3.63, 3.8) is 0 Å². The molecule has 2 aliphatic rings. The predicted molar refractivity (Wildman–Crippen MR) is 71.4 cm³/mol. The Morgan fingerprint density at radius 3 is 2.78 bits per heavy atom. The maximum absolute atomic E-state index is 12.2. The zero-order valence-corrected chi connectivity index (χ0v) is 11.4. The summed E-state index contributed by atoms with van der Waals surface area (Å²) >= 11 is 0. The number of carbonyl (C=O) groups is 1. The molecule has 1 heterocycles. The van der Waals surface area contributed by atoms with Crippen LogP contribution in [-0.4, -0.2) is 41.3 Å². The summed E-state index contributed by atoms with van der Waals surface area (Å²) in [4.78, 5) is 14.1. The van der Waals surface area contributed by atoms with E-state index in [1.807, 2.05) is 4.90 Å². The van der Waals surface area contributed by atoms with Crippen LogP contribution < -0.4 is 5.32 Å². The summed E-state index contributed by atoms with van der Waals surface area (Å²) in [5, 5.41) is 12.5. The van der Waals surface area contributed by atoms with Crippen molar-refractivity contribution >= 4 is 6.03 Å². The van der Waals surface area contributed by atoms with Crippen LogP contribution in [0.15, 0.2) is 0 Å². The van der Waals surface area contributed by atoms with Crippen LogP contribution in [0.1, 0.15) is 51.9 Å². The van der Waals surface area contributed by atoms with Crippen LogP contribution in [0.3, 0.4) is 0 Å². The molecule has 1 saturated heterocycles. The third-order valence-corrected chi connectivity index (χ3v) is 4.59. The number of aliphatic hydroxyl groups excluding tert-OH is 1. The van der Waals surface area contributed by atoms with E-state index in [4.69, 9.17) is 0 Å². The molecular weight excluding hydrogens is 228 g/mol. The summed E-state index contributed by atoms with van der Waals surface area (Å²) in [7, 11) is 0. The van der Waals surface area contributed by atoms with Crippen molar-refractivity contribution in [1.82, 2.24) is 10.2 Å². The average Bonchev–Trinajstić information content (AvgIpc) is 2.87. The highest BCUT2D eigenvalue weighted by atomic mass is 16.3. The van der Waals surface area contributed by atoms with E-state index < -0.39 is 0 Å². The van der Waals surface area contributed by atoms with Crippen molar-refractivity contribution in [3.8, 4) is 0 Å². The third-order valence-electron chi connectivity index (χ3n) is 4.59. The van der Waals surface area contributed by atoms with Crippen LogP contribution in [0.2, 0.25) is 0 Å². The third kappa shape index (κ3) is 2.97. The first-order valence-corrected chi connectivity index (χ1v) is 7.44. The van der Waals surface area contributed by atoms with Gasteiger partial charge in [-0.15, -0.1) is 0 Å². The molecule has 104 valence electrons. The van der Waals surface area contributed by atoms with Gasteiger partial charge in [0.2, 0.25) is 0 Å². The molecule has 2 rings (SSSR count). The SMILES string of the molecule is CCC1CCCCC1NC(=O)N1CCCC1CO. The van der Waals surface area contributed by atoms with Gasteiger partial charge in [-0.1, -0.05) is 26.2 Å². The first kappa shape index (κ1) is 13.7. The highest BCUT2D eigenvalue weighted by Gasteiger charge is 2.31. The lowest BCUT2D eigenvalue weighted by atomic mass is 9.83. The first-order valence-electron chi connectivity index (χ1n) is 7.44. The molecule has 0 aromatic rings. The van der Waals surface area contributed by atoms with Crippen LogP contribution >= 0.6 is 0 Å². The van der Waals surface area contributed by atoms with Gasteiger partial charge in [0.15, 0.2) is 0 Å². The fraction of sp³-hybridized carbons (Fsp3) is 0.929. The standard InChI is InChI=1S/C14H26N2O2/c1-2-11-6-3-4-8-13(11)15-14(18)16-9-5-7-12(16)10-17/h11-13,17H,2-10H2,1H3,(H,15,18). The zero-order chi connectivity index (χ0) is 13.0. The Morgan fingerprint density at radius 2 is 2.06 bits per heavy atom. The Balaban J connectivity index is 1.89. The Kier molecular flexibility index (Phi) is 4.87. The Morgan fingerprint density at radius 1 is 1.28 bits per heavy atom. The molecule has 3 atom stereocenters. The molecule has 2 amide bonds. The number of likely N-dealkylation sites (tertiary alicyclic amines) is 1. The van der Waals surface area contributed by atoms with Crippen molar-refractivity contribution in [1.29, 1.82) is 0 Å². The molecule has 2 N–H and O–H groups in total. The summed E-state index contributed by atoms with van der Waals surface area (Å²) in [6.45, 7) is 3.09. The predicted octanol–water partition coefficient (Wildman–Crippen LogP) is 2.12. The number of nitrogens with one attached hydrogen (secondary N) is 1. The number of nitrogens with zero attached hydrogens (tertiary/aromatic N) is 1. The van der Waals surface area contributed by atoms with Crippen LogP contribution in [0.4, 0.5) is 4.79 Å². The molecule has 0 aromatic carbocycles. The number of urea groups is 1. The second-order valence-electron chi connectivity index (χ2n) is 5.68. The molecule has 1 aliphatic heterocycles. The molecule has 2 fully saturated rings. The Bertz CT molecular complexity index is 283. The van der Waals surface area contributed by atoms with Crippen LogP contribution in [0.5, 0.6) is 0 Å². The van der Waals surface area contributed by atoms with E-state index >= 15 is 0 Å². The summed E-state index contributed by atoms with van der Waals surface area (Å²) in [5.41, 5.74) is 0. The topological polar surface area (TPSA) is 52.6 Å². The highest BCUT2D eigenvalue weighted by molar-refractivity contribution is 5.75. The maximum Gasteiger partial charge on any atom is 0.317 e. The van der Waals surface area contributed by atoms with Gasteiger partial charge in [-0.2, -0.15) is 0 Å². The summed E-state index contributed by atoms with van der Waals surface area (Å²) in [6, 6.07) is 0.418. The average molecular weight is 254 g/mol. The lowest BCUT2D eigenvalue weighted by molar-refractivity contribution is 0.147. The first-order chi connectivity index (χ1) is 8.76. The molecule has 1 saturated carbocycles. The molecule has 0 bridgehead atoms. The molecule has 4 nitrogen and oxygen atoms in total. The number of carbonyl (C=O) groups excluding carboxylic acids is 1. The van der Waals surface area contributed by atoms with Gasteiger partial charge in [0.05, 0.1) is 12.6 Å². The summed E-state index contributed by atoms with van der Waals surface area (Å²) in [5.74, 6) is 0.637. The molecule has 3 unspecified atom stereocenters. The lowest BCUT2D eigenvalue weighted by Gasteiger charge is -2.34. The van der Waals surface area contributed by atoms with Gasteiger partial charge < -0.3 is 15.3 Å². The van der Waals surface area contributed by atoms with Crippen molar-refractivity contribution in [2.24, 2.45) is 5.92 Å². The van der Waals surface area contributed by atoms with Gasteiger partial charge in [0.1, 0.15) is 0 Å². The lowest BCUT2D eigenvalue weighted by Crippen LogP contribution is -2.50. The second kappa shape index (κ2) is 6.41. The molecule has 0 radical (unpaired) electrons. The van der Waals surface area contributed by atoms with Crippen molar-refractivity contribution in [3.05, 3.63) is 0 Å². The highest BCUT2D eigenvalue weighted by Crippen LogP contribution is 2.27.